The van der Waals surface area contributed by atoms with Crippen molar-refractivity contribution < 1.29 is 14.5 Å². The summed E-state index contributed by atoms with van der Waals surface area (Å²) in [5, 5.41) is 25.7. The van der Waals surface area contributed by atoms with Crippen LogP contribution in [0.3, 0.4) is 0 Å². The molecular formula is C20H13BO3. The van der Waals surface area contributed by atoms with E-state index in [-0.39, 0.29) is 0 Å². The summed E-state index contributed by atoms with van der Waals surface area (Å²) >= 11 is 0. The van der Waals surface area contributed by atoms with E-state index in [1.807, 2.05) is 48.5 Å². The Morgan fingerprint density at radius 2 is 1.38 bits per heavy atom. The predicted molar refractivity (Wildman–Crippen MR) is 98.6 cm³/mol. The molecular weight excluding hydrogens is 299 g/mol. The smallest absolute Gasteiger partial charge is 0.456 e. The third kappa shape index (κ3) is 1.81. The third-order valence-electron chi connectivity index (χ3n) is 4.64. The minimum Gasteiger partial charge on any atom is -0.456 e. The van der Waals surface area contributed by atoms with Crippen molar-refractivity contribution in [2.75, 3.05) is 0 Å². The molecule has 0 atom stereocenters. The molecule has 4 heteroatoms. The largest absolute Gasteiger partial charge is 0.492 e. The molecule has 0 aliphatic carbocycles. The number of hydrogen-bond donors (Lipinski definition) is 2. The number of furan rings is 1. The van der Waals surface area contributed by atoms with Crippen molar-refractivity contribution in [2.24, 2.45) is 0 Å². The zero-order valence-corrected chi connectivity index (χ0v) is 12.7. The predicted octanol–water partition coefficient (Wildman–Crippen LogP) is 3.57. The molecule has 0 aliphatic heterocycles. The highest BCUT2D eigenvalue weighted by Crippen LogP contribution is 2.35. The van der Waals surface area contributed by atoms with E-state index in [2.05, 4.69) is 12.1 Å². The molecule has 4 aromatic carbocycles. The fraction of sp³-hybridized carbons (Fsp3) is 0. The molecule has 0 saturated heterocycles. The van der Waals surface area contributed by atoms with E-state index < -0.39 is 7.12 Å². The highest BCUT2D eigenvalue weighted by Gasteiger charge is 2.22. The Hall–Kier alpha value is -2.82. The van der Waals surface area contributed by atoms with Crippen LogP contribution in [-0.4, -0.2) is 17.2 Å². The molecule has 0 saturated carbocycles. The van der Waals surface area contributed by atoms with E-state index in [1.165, 1.54) is 0 Å². The van der Waals surface area contributed by atoms with Crippen LogP contribution in [0.2, 0.25) is 0 Å². The number of hydrogen-bond acceptors (Lipinski definition) is 3. The van der Waals surface area contributed by atoms with Crippen LogP contribution in [0.1, 0.15) is 0 Å². The normalized spacial score (nSPS) is 11.8. The Labute approximate surface area is 137 Å². The lowest BCUT2D eigenvalue weighted by Gasteiger charge is -2.05. The molecule has 0 radical (unpaired) electrons. The molecule has 0 spiro atoms. The SMILES string of the molecule is OB(O)c1cc2ccccc2c2c1oc1cc3ccccc3cc12. The van der Waals surface area contributed by atoms with Crippen molar-refractivity contribution >= 4 is 56.1 Å². The molecule has 0 fully saturated rings. The first kappa shape index (κ1) is 13.6. The van der Waals surface area contributed by atoms with E-state index in [9.17, 15) is 10.0 Å². The maximum atomic E-state index is 9.79. The summed E-state index contributed by atoms with van der Waals surface area (Å²) in [6.07, 6.45) is 0. The molecule has 3 nitrogen and oxygen atoms in total. The minimum atomic E-state index is -1.58. The standard InChI is InChI=1S/C20H13BO3/c22-21(23)17-10-14-7-3-4-8-15(14)19-16-9-12-5-1-2-6-13(12)11-18(16)24-20(17)19/h1-11,22-23H. The van der Waals surface area contributed by atoms with Gasteiger partial charge in [0.25, 0.3) is 0 Å². The van der Waals surface area contributed by atoms with Crippen molar-refractivity contribution in [1.29, 1.82) is 0 Å². The maximum absolute atomic E-state index is 9.79. The average Bonchev–Trinajstić information content (AvgIpc) is 2.97. The monoisotopic (exact) mass is 312 g/mol. The van der Waals surface area contributed by atoms with Crippen LogP contribution in [0.4, 0.5) is 0 Å². The lowest BCUT2D eigenvalue weighted by Crippen LogP contribution is -2.30. The molecule has 5 rings (SSSR count). The van der Waals surface area contributed by atoms with Gasteiger partial charge in [-0.2, -0.15) is 0 Å². The Bertz CT molecular complexity index is 1240. The van der Waals surface area contributed by atoms with Gasteiger partial charge in [0.2, 0.25) is 0 Å². The van der Waals surface area contributed by atoms with Gasteiger partial charge in [-0.05, 0) is 33.7 Å². The zero-order valence-electron chi connectivity index (χ0n) is 12.7. The molecule has 0 amide bonds. The number of fused-ring (bicyclic) bond motifs is 6. The molecule has 114 valence electrons. The molecule has 1 heterocycles. The fourth-order valence-electron chi connectivity index (χ4n) is 3.53. The van der Waals surface area contributed by atoms with Gasteiger partial charge >= 0.3 is 7.12 Å². The van der Waals surface area contributed by atoms with Gasteiger partial charge in [-0.15, -0.1) is 0 Å². The molecule has 24 heavy (non-hydrogen) atoms. The van der Waals surface area contributed by atoms with Crippen molar-refractivity contribution in [3.05, 3.63) is 66.7 Å². The molecule has 5 aromatic rings. The molecule has 2 N–H and O–H groups in total. The number of benzene rings is 4. The van der Waals surface area contributed by atoms with Crippen molar-refractivity contribution in [2.45, 2.75) is 0 Å². The van der Waals surface area contributed by atoms with Crippen LogP contribution < -0.4 is 5.46 Å². The summed E-state index contributed by atoms with van der Waals surface area (Å²) in [5.41, 5.74) is 1.68. The summed E-state index contributed by atoms with van der Waals surface area (Å²) in [6, 6.07) is 22.0. The summed E-state index contributed by atoms with van der Waals surface area (Å²) in [6.45, 7) is 0. The maximum Gasteiger partial charge on any atom is 0.492 e. The second-order valence-corrected chi connectivity index (χ2v) is 6.06. The molecule has 0 aliphatic rings. The van der Waals surface area contributed by atoms with Gasteiger partial charge in [0.05, 0.1) is 0 Å². The van der Waals surface area contributed by atoms with Crippen LogP contribution in [0.5, 0.6) is 0 Å². The van der Waals surface area contributed by atoms with Gasteiger partial charge in [-0.1, -0.05) is 54.6 Å². The van der Waals surface area contributed by atoms with Gasteiger partial charge in [-0.25, -0.2) is 0 Å². The highest BCUT2D eigenvalue weighted by atomic mass is 16.4. The van der Waals surface area contributed by atoms with Gasteiger partial charge in [0.15, 0.2) is 0 Å². The van der Waals surface area contributed by atoms with Crippen molar-refractivity contribution in [3.63, 3.8) is 0 Å². The summed E-state index contributed by atoms with van der Waals surface area (Å²) in [5.74, 6) is 0. The lowest BCUT2D eigenvalue weighted by atomic mass is 9.78. The van der Waals surface area contributed by atoms with Gasteiger partial charge in [0.1, 0.15) is 11.2 Å². The Balaban J connectivity index is 2.07. The van der Waals surface area contributed by atoms with Gasteiger partial charge < -0.3 is 14.5 Å². The Morgan fingerprint density at radius 3 is 2.12 bits per heavy atom. The quantitative estimate of drug-likeness (QED) is 0.465. The second kappa shape index (κ2) is 4.84. The molecule has 0 bridgehead atoms. The first-order valence-corrected chi connectivity index (χ1v) is 7.85. The zero-order chi connectivity index (χ0) is 16.3. The average molecular weight is 312 g/mol. The highest BCUT2D eigenvalue weighted by molar-refractivity contribution is 6.62. The third-order valence-corrected chi connectivity index (χ3v) is 4.64. The minimum absolute atomic E-state index is 0.393. The fourth-order valence-corrected chi connectivity index (χ4v) is 3.53. The van der Waals surface area contributed by atoms with Crippen LogP contribution in [0, 0.1) is 0 Å². The second-order valence-electron chi connectivity index (χ2n) is 6.06. The topological polar surface area (TPSA) is 53.6 Å². The van der Waals surface area contributed by atoms with Crippen molar-refractivity contribution in [3.8, 4) is 0 Å². The Kier molecular flexibility index (Phi) is 2.74. The van der Waals surface area contributed by atoms with E-state index in [4.69, 9.17) is 4.42 Å². The Morgan fingerprint density at radius 1 is 0.708 bits per heavy atom. The van der Waals surface area contributed by atoms with Crippen LogP contribution >= 0.6 is 0 Å². The first-order valence-electron chi connectivity index (χ1n) is 7.85. The summed E-state index contributed by atoms with van der Waals surface area (Å²) in [4.78, 5) is 0. The first-order chi connectivity index (χ1) is 11.7. The van der Waals surface area contributed by atoms with Gasteiger partial charge in [0, 0.05) is 16.2 Å². The molecule has 0 unspecified atom stereocenters. The number of rotatable bonds is 1. The van der Waals surface area contributed by atoms with Crippen LogP contribution in [0.15, 0.2) is 71.1 Å². The van der Waals surface area contributed by atoms with E-state index >= 15 is 0 Å². The summed E-state index contributed by atoms with van der Waals surface area (Å²) < 4.78 is 6.04. The molecule has 1 aromatic heterocycles. The van der Waals surface area contributed by atoms with Gasteiger partial charge in [-0.3, -0.25) is 0 Å². The van der Waals surface area contributed by atoms with Crippen LogP contribution in [0.25, 0.3) is 43.5 Å². The summed E-state index contributed by atoms with van der Waals surface area (Å²) in [7, 11) is -1.58. The van der Waals surface area contributed by atoms with E-state index in [0.29, 0.717) is 11.0 Å². The van der Waals surface area contributed by atoms with E-state index in [0.717, 1.165) is 37.9 Å². The van der Waals surface area contributed by atoms with E-state index in [1.54, 1.807) is 6.07 Å². The van der Waals surface area contributed by atoms with Crippen molar-refractivity contribution in [1.82, 2.24) is 0 Å². The van der Waals surface area contributed by atoms with Crippen LogP contribution in [-0.2, 0) is 0 Å². The lowest BCUT2D eigenvalue weighted by molar-refractivity contribution is 0.425.